The molecule has 2 atom stereocenters. The molecule has 2 rings (SSSR count). The molecule has 110 valence electrons. The van der Waals surface area contributed by atoms with Gasteiger partial charge in [0.05, 0.1) is 6.10 Å². The molecule has 0 saturated carbocycles. The number of carbonyl (C=O) groups is 1. The number of anilines is 1. The van der Waals surface area contributed by atoms with Crippen LogP contribution >= 0.6 is 0 Å². The minimum Gasteiger partial charge on any atom is -0.391 e. The van der Waals surface area contributed by atoms with Crippen LogP contribution in [-0.2, 0) is 0 Å². The maximum Gasteiger partial charge on any atom is 0.272 e. The molecule has 5 nitrogen and oxygen atoms in total. The summed E-state index contributed by atoms with van der Waals surface area (Å²) in [5, 5.41) is 13.1. The third kappa shape index (κ3) is 3.48. The molecule has 2 N–H and O–H groups in total. The van der Waals surface area contributed by atoms with Crippen LogP contribution in [0.15, 0.2) is 18.3 Å². The molecular weight excluding hydrogens is 254 g/mol. The van der Waals surface area contributed by atoms with Crippen molar-refractivity contribution >= 4 is 11.6 Å². The van der Waals surface area contributed by atoms with Crippen molar-refractivity contribution in [2.24, 2.45) is 5.92 Å². The van der Waals surface area contributed by atoms with E-state index in [0.717, 1.165) is 25.1 Å². The van der Waals surface area contributed by atoms with Gasteiger partial charge >= 0.3 is 0 Å². The lowest BCUT2D eigenvalue weighted by atomic mass is 9.96. The molecule has 1 fully saturated rings. The molecule has 1 aliphatic heterocycles. The minimum absolute atomic E-state index is 0.101. The molecule has 1 saturated heterocycles. The maximum absolute atomic E-state index is 12.4. The first-order valence-electron chi connectivity index (χ1n) is 7.29. The Morgan fingerprint density at radius 3 is 3.10 bits per heavy atom. The van der Waals surface area contributed by atoms with E-state index >= 15 is 0 Å². The summed E-state index contributed by atoms with van der Waals surface area (Å²) in [6.07, 6.45) is 3.07. The minimum atomic E-state index is -0.436. The smallest absolute Gasteiger partial charge is 0.272 e. The molecule has 1 aliphatic rings. The van der Waals surface area contributed by atoms with Gasteiger partial charge in [-0.3, -0.25) is 9.78 Å². The zero-order valence-corrected chi connectivity index (χ0v) is 12.2. The van der Waals surface area contributed by atoms with E-state index in [1.807, 2.05) is 13.0 Å². The molecule has 5 heteroatoms. The van der Waals surface area contributed by atoms with E-state index in [2.05, 4.69) is 17.2 Å². The van der Waals surface area contributed by atoms with Crippen LogP contribution in [0.4, 0.5) is 5.69 Å². The monoisotopic (exact) mass is 277 g/mol. The summed E-state index contributed by atoms with van der Waals surface area (Å²) in [5.74, 6) is 0.153. The van der Waals surface area contributed by atoms with E-state index in [1.54, 1.807) is 17.2 Å². The Balaban J connectivity index is 2.05. The quantitative estimate of drug-likeness (QED) is 0.880. The SMILES string of the molecule is CCCNc1ccnc(C(=O)N2CCC(C)C(O)C2)c1. The normalized spacial score (nSPS) is 22.6. The number of aliphatic hydroxyl groups is 1. The number of rotatable bonds is 4. The van der Waals surface area contributed by atoms with Crippen LogP contribution in [0.3, 0.4) is 0 Å². The standard InChI is InChI=1S/C15H23N3O2/c1-3-6-16-12-4-7-17-13(9-12)15(20)18-8-5-11(2)14(19)10-18/h4,7,9,11,14,19H,3,5-6,8,10H2,1-2H3,(H,16,17). The second-order valence-electron chi connectivity index (χ2n) is 5.44. The van der Waals surface area contributed by atoms with E-state index in [0.29, 0.717) is 18.8 Å². The number of hydrogen-bond donors (Lipinski definition) is 2. The predicted molar refractivity (Wildman–Crippen MR) is 78.7 cm³/mol. The summed E-state index contributed by atoms with van der Waals surface area (Å²) in [4.78, 5) is 18.2. The Hall–Kier alpha value is -1.62. The van der Waals surface area contributed by atoms with E-state index in [1.165, 1.54) is 0 Å². The van der Waals surface area contributed by atoms with Gasteiger partial charge in [0.2, 0.25) is 0 Å². The van der Waals surface area contributed by atoms with Gasteiger partial charge in [-0.15, -0.1) is 0 Å². The van der Waals surface area contributed by atoms with Gasteiger partial charge in [-0.2, -0.15) is 0 Å². The Labute approximate surface area is 120 Å². The molecule has 2 unspecified atom stereocenters. The number of nitrogens with zero attached hydrogens (tertiary/aromatic N) is 2. The van der Waals surface area contributed by atoms with Crippen molar-refractivity contribution in [1.82, 2.24) is 9.88 Å². The molecule has 0 aromatic carbocycles. The van der Waals surface area contributed by atoms with Gasteiger partial charge < -0.3 is 15.3 Å². The largest absolute Gasteiger partial charge is 0.391 e. The number of pyridine rings is 1. The van der Waals surface area contributed by atoms with Crippen LogP contribution in [0.1, 0.15) is 37.2 Å². The van der Waals surface area contributed by atoms with Gasteiger partial charge in [0, 0.05) is 31.5 Å². The zero-order chi connectivity index (χ0) is 14.5. The molecule has 0 aliphatic carbocycles. The van der Waals surface area contributed by atoms with Gasteiger partial charge in [0.1, 0.15) is 5.69 Å². The maximum atomic E-state index is 12.4. The predicted octanol–water partition coefficient (Wildman–Crippen LogP) is 1.75. The third-order valence-electron chi connectivity index (χ3n) is 3.76. The fourth-order valence-corrected chi connectivity index (χ4v) is 2.32. The summed E-state index contributed by atoms with van der Waals surface area (Å²) < 4.78 is 0. The molecule has 0 radical (unpaired) electrons. The first kappa shape index (κ1) is 14.8. The molecular formula is C15H23N3O2. The average molecular weight is 277 g/mol. The average Bonchev–Trinajstić information content (AvgIpc) is 2.47. The molecule has 0 bridgehead atoms. The first-order valence-corrected chi connectivity index (χ1v) is 7.29. The van der Waals surface area contributed by atoms with E-state index in [-0.39, 0.29) is 11.8 Å². The van der Waals surface area contributed by atoms with Gasteiger partial charge in [-0.1, -0.05) is 13.8 Å². The van der Waals surface area contributed by atoms with Crippen molar-refractivity contribution in [2.75, 3.05) is 25.0 Å². The summed E-state index contributed by atoms with van der Waals surface area (Å²) in [6.45, 7) is 6.06. The van der Waals surface area contributed by atoms with Crippen LogP contribution < -0.4 is 5.32 Å². The summed E-state index contributed by atoms with van der Waals surface area (Å²) in [6, 6.07) is 3.64. The molecule has 1 amide bonds. The van der Waals surface area contributed by atoms with Gasteiger partial charge in [-0.05, 0) is 30.9 Å². The number of amides is 1. The lowest BCUT2D eigenvalue weighted by Crippen LogP contribution is -2.46. The van der Waals surface area contributed by atoms with E-state index in [4.69, 9.17) is 0 Å². The number of aromatic nitrogens is 1. The van der Waals surface area contributed by atoms with Crippen molar-refractivity contribution in [2.45, 2.75) is 32.8 Å². The number of nitrogens with one attached hydrogen (secondary N) is 1. The van der Waals surface area contributed by atoms with Crippen molar-refractivity contribution in [3.63, 3.8) is 0 Å². The van der Waals surface area contributed by atoms with Crippen molar-refractivity contribution in [3.8, 4) is 0 Å². The Kier molecular flexibility index (Phi) is 4.95. The van der Waals surface area contributed by atoms with Crippen molar-refractivity contribution < 1.29 is 9.90 Å². The highest BCUT2D eigenvalue weighted by molar-refractivity contribution is 5.93. The topological polar surface area (TPSA) is 65.5 Å². The van der Waals surface area contributed by atoms with Crippen molar-refractivity contribution in [3.05, 3.63) is 24.0 Å². The third-order valence-corrected chi connectivity index (χ3v) is 3.76. The van der Waals surface area contributed by atoms with Crippen LogP contribution in [0.2, 0.25) is 0 Å². The van der Waals surface area contributed by atoms with Gasteiger partial charge in [0.25, 0.3) is 5.91 Å². The summed E-state index contributed by atoms with van der Waals surface area (Å²) in [7, 11) is 0. The lowest BCUT2D eigenvalue weighted by molar-refractivity contribution is 0.0245. The molecule has 20 heavy (non-hydrogen) atoms. The Morgan fingerprint density at radius 2 is 2.40 bits per heavy atom. The van der Waals surface area contributed by atoms with E-state index in [9.17, 15) is 9.90 Å². The van der Waals surface area contributed by atoms with Gasteiger partial charge in [0.15, 0.2) is 0 Å². The highest BCUT2D eigenvalue weighted by Gasteiger charge is 2.28. The van der Waals surface area contributed by atoms with Crippen molar-refractivity contribution in [1.29, 1.82) is 0 Å². The number of carbonyl (C=O) groups excluding carboxylic acids is 1. The zero-order valence-electron chi connectivity index (χ0n) is 12.2. The lowest BCUT2D eigenvalue weighted by Gasteiger charge is -2.34. The summed E-state index contributed by atoms with van der Waals surface area (Å²) in [5.41, 5.74) is 1.35. The molecule has 0 spiro atoms. The Morgan fingerprint density at radius 1 is 1.60 bits per heavy atom. The molecule has 1 aromatic heterocycles. The highest BCUT2D eigenvalue weighted by Crippen LogP contribution is 2.19. The second kappa shape index (κ2) is 6.70. The number of hydrogen-bond acceptors (Lipinski definition) is 4. The van der Waals surface area contributed by atoms with Crippen LogP contribution in [0.25, 0.3) is 0 Å². The van der Waals surface area contributed by atoms with Crippen LogP contribution in [0.5, 0.6) is 0 Å². The van der Waals surface area contributed by atoms with Gasteiger partial charge in [-0.25, -0.2) is 0 Å². The molecule has 1 aromatic rings. The first-order chi connectivity index (χ1) is 9.61. The molecule has 2 heterocycles. The number of β-amino-alcohol motifs (C(OH)–C–C–N with tert-alkyl or cyclic N) is 1. The fraction of sp³-hybridized carbons (Fsp3) is 0.600. The Bertz CT molecular complexity index is 464. The number of likely N-dealkylation sites (tertiary alicyclic amines) is 1. The second-order valence-corrected chi connectivity index (χ2v) is 5.44. The van der Waals surface area contributed by atoms with Crippen LogP contribution in [-0.4, -0.2) is 46.6 Å². The van der Waals surface area contributed by atoms with E-state index < -0.39 is 6.10 Å². The number of piperidine rings is 1. The number of aliphatic hydroxyl groups excluding tert-OH is 1. The van der Waals surface area contributed by atoms with Crippen LogP contribution in [0, 0.1) is 5.92 Å². The highest BCUT2D eigenvalue weighted by atomic mass is 16.3. The summed E-state index contributed by atoms with van der Waals surface area (Å²) >= 11 is 0. The fourth-order valence-electron chi connectivity index (χ4n) is 2.32.